The molecule has 1 N–H and O–H groups in total. The van der Waals surface area contributed by atoms with Gasteiger partial charge < -0.3 is 5.32 Å². The van der Waals surface area contributed by atoms with Crippen molar-refractivity contribution in [3.05, 3.63) is 29.8 Å². The van der Waals surface area contributed by atoms with E-state index in [4.69, 9.17) is 5.26 Å². The lowest BCUT2D eigenvalue weighted by molar-refractivity contribution is -0.115. The Morgan fingerprint density at radius 1 is 1.40 bits per heavy atom. The average molecular weight is 202 g/mol. The van der Waals surface area contributed by atoms with Gasteiger partial charge in [0.05, 0.1) is 11.8 Å². The van der Waals surface area contributed by atoms with E-state index in [1.54, 1.807) is 30.3 Å². The molecule has 0 saturated heterocycles. The third-order valence-electron chi connectivity index (χ3n) is 1.82. The van der Waals surface area contributed by atoms with Crippen LogP contribution in [-0.2, 0) is 4.79 Å². The molecule has 76 valence electrons. The minimum absolute atomic E-state index is 0.122. The van der Waals surface area contributed by atoms with Gasteiger partial charge in [-0.2, -0.15) is 5.26 Å². The van der Waals surface area contributed by atoms with Gasteiger partial charge in [-0.05, 0) is 19.1 Å². The van der Waals surface area contributed by atoms with Crippen molar-refractivity contribution in [1.82, 2.24) is 0 Å². The van der Waals surface area contributed by atoms with Gasteiger partial charge in [0, 0.05) is 5.56 Å². The highest BCUT2D eigenvalue weighted by molar-refractivity contribution is 6.03. The van der Waals surface area contributed by atoms with Gasteiger partial charge in [-0.1, -0.05) is 12.1 Å². The maximum atomic E-state index is 11.2. The Morgan fingerprint density at radius 3 is 2.67 bits per heavy atom. The SMILES string of the molecule is CC(=O)c1ccccc1NC(=O)CC#N. The molecule has 1 rings (SSSR count). The van der Waals surface area contributed by atoms with Crippen LogP contribution in [0.1, 0.15) is 23.7 Å². The second-order valence-electron chi connectivity index (χ2n) is 2.98. The zero-order chi connectivity index (χ0) is 11.3. The Bertz CT molecular complexity index is 432. The Hall–Kier alpha value is -2.15. The number of nitrogens with one attached hydrogen (secondary N) is 1. The maximum Gasteiger partial charge on any atom is 0.238 e. The highest BCUT2D eigenvalue weighted by atomic mass is 16.1. The Morgan fingerprint density at radius 2 is 2.07 bits per heavy atom. The summed E-state index contributed by atoms with van der Waals surface area (Å²) < 4.78 is 0. The molecular weight excluding hydrogens is 192 g/mol. The van der Waals surface area contributed by atoms with Gasteiger partial charge in [-0.15, -0.1) is 0 Å². The molecule has 0 aliphatic heterocycles. The fraction of sp³-hybridized carbons (Fsp3) is 0.182. The Kier molecular flexibility index (Phi) is 3.58. The number of carbonyl (C=O) groups excluding carboxylic acids is 2. The molecular formula is C11H10N2O2. The summed E-state index contributed by atoms with van der Waals surface area (Å²) in [6, 6.07) is 8.44. The largest absolute Gasteiger partial charge is 0.325 e. The van der Waals surface area contributed by atoms with E-state index in [0.717, 1.165) is 0 Å². The molecule has 0 bridgehead atoms. The van der Waals surface area contributed by atoms with E-state index in [2.05, 4.69) is 5.32 Å². The number of nitrogens with zero attached hydrogens (tertiary/aromatic N) is 1. The number of hydrogen-bond donors (Lipinski definition) is 1. The lowest BCUT2D eigenvalue weighted by Gasteiger charge is -2.06. The first-order valence-electron chi connectivity index (χ1n) is 4.42. The van der Waals surface area contributed by atoms with Crippen molar-refractivity contribution in [2.75, 3.05) is 5.32 Å². The fourth-order valence-electron chi connectivity index (χ4n) is 1.17. The van der Waals surface area contributed by atoms with Crippen LogP contribution in [0.2, 0.25) is 0 Å². The van der Waals surface area contributed by atoms with Crippen LogP contribution in [0.5, 0.6) is 0 Å². The summed E-state index contributed by atoms with van der Waals surface area (Å²) >= 11 is 0. The zero-order valence-electron chi connectivity index (χ0n) is 8.28. The van der Waals surface area contributed by atoms with Gasteiger partial charge in [-0.3, -0.25) is 9.59 Å². The van der Waals surface area contributed by atoms with E-state index in [0.29, 0.717) is 11.3 Å². The maximum absolute atomic E-state index is 11.2. The standard InChI is InChI=1S/C11H10N2O2/c1-8(14)9-4-2-3-5-10(9)13-11(15)6-7-12/h2-5H,6H2,1H3,(H,13,15). The first kappa shape index (κ1) is 10.9. The summed E-state index contributed by atoms with van der Waals surface area (Å²) in [4.78, 5) is 22.3. The van der Waals surface area contributed by atoms with E-state index in [1.807, 2.05) is 0 Å². The molecule has 4 nitrogen and oxygen atoms in total. The van der Waals surface area contributed by atoms with Crippen LogP contribution in [0.3, 0.4) is 0 Å². The monoisotopic (exact) mass is 202 g/mol. The van der Waals surface area contributed by atoms with Crippen LogP contribution in [0.15, 0.2) is 24.3 Å². The highest BCUT2D eigenvalue weighted by Gasteiger charge is 2.08. The highest BCUT2D eigenvalue weighted by Crippen LogP contribution is 2.15. The molecule has 0 spiro atoms. The smallest absolute Gasteiger partial charge is 0.238 e. The van der Waals surface area contributed by atoms with Crippen LogP contribution < -0.4 is 5.32 Å². The molecule has 0 heterocycles. The summed E-state index contributed by atoms with van der Waals surface area (Å²) in [5.41, 5.74) is 0.897. The third-order valence-corrected chi connectivity index (χ3v) is 1.82. The predicted octanol–water partition coefficient (Wildman–Crippen LogP) is 1.74. The number of para-hydroxylation sites is 1. The minimum atomic E-state index is -0.411. The lowest BCUT2D eigenvalue weighted by Crippen LogP contribution is -2.12. The number of amides is 1. The number of Topliss-reactive ketones (excluding diaryl/α,β-unsaturated/α-hetero) is 1. The topological polar surface area (TPSA) is 70.0 Å². The van der Waals surface area contributed by atoms with E-state index < -0.39 is 5.91 Å². The predicted molar refractivity (Wildman–Crippen MR) is 55.3 cm³/mol. The Labute approximate surface area is 87.5 Å². The van der Waals surface area contributed by atoms with Crippen LogP contribution >= 0.6 is 0 Å². The van der Waals surface area contributed by atoms with Crippen molar-refractivity contribution < 1.29 is 9.59 Å². The molecule has 1 amide bonds. The van der Waals surface area contributed by atoms with E-state index in [9.17, 15) is 9.59 Å². The van der Waals surface area contributed by atoms with Crippen LogP contribution in [0.4, 0.5) is 5.69 Å². The third kappa shape index (κ3) is 2.92. The van der Waals surface area contributed by atoms with Crippen LogP contribution in [-0.4, -0.2) is 11.7 Å². The minimum Gasteiger partial charge on any atom is -0.325 e. The molecule has 0 radical (unpaired) electrons. The number of anilines is 1. The van der Waals surface area contributed by atoms with Gasteiger partial charge in [0.2, 0.25) is 5.91 Å². The average Bonchev–Trinajstić information content (AvgIpc) is 2.18. The molecule has 4 heteroatoms. The first-order valence-corrected chi connectivity index (χ1v) is 4.42. The second-order valence-corrected chi connectivity index (χ2v) is 2.98. The molecule has 15 heavy (non-hydrogen) atoms. The zero-order valence-corrected chi connectivity index (χ0v) is 8.28. The normalized spacial score (nSPS) is 9.07. The molecule has 0 saturated carbocycles. The molecule has 0 atom stereocenters. The summed E-state index contributed by atoms with van der Waals surface area (Å²) in [6.07, 6.45) is -0.216. The second kappa shape index (κ2) is 4.91. The van der Waals surface area contributed by atoms with Gasteiger partial charge >= 0.3 is 0 Å². The summed E-state index contributed by atoms with van der Waals surface area (Å²) in [6.45, 7) is 1.43. The number of nitriles is 1. The van der Waals surface area contributed by atoms with Gasteiger partial charge in [0.1, 0.15) is 6.42 Å². The van der Waals surface area contributed by atoms with Crippen molar-refractivity contribution in [1.29, 1.82) is 5.26 Å². The fourth-order valence-corrected chi connectivity index (χ4v) is 1.17. The Balaban J connectivity index is 2.90. The summed E-state index contributed by atoms with van der Waals surface area (Å²) in [5.74, 6) is -0.533. The molecule has 1 aromatic rings. The van der Waals surface area contributed by atoms with Crippen molar-refractivity contribution in [2.45, 2.75) is 13.3 Å². The van der Waals surface area contributed by atoms with Crippen LogP contribution in [0, 0.1) is 11.3 Å². The molecule has 0 aliphatic rings. The van der Waals surface area contributed by atoms with Crippen LogP contribution in [0.25, 0.3) is 0 Å². The van der Waals surface area contributed by atoms with Gasteiger partial charge in [-0.25, -0.2) is 0 Å². The molecule has 1 aromatic carbocycles. The van der Waals surface area contributed by atoms with E-state index in [-0.39, 0.29) is 12.2 Å². The van der Waals surface area contributed by atoms with Crippen molar-refractivity contribution in [2.24, 2.45) is 0 Å². The quantitative estimate of drug-likeness (QED) is 0.759. The molecule has 0 aromatic heterocycles. The molecule has 0 fully saturated rings. The van der Waals surface area contributed by atoms with Gasteiger partial charge in [0.15, 0.2) is 5.78 Å². The van der Waals surface area contributed by atoms with E-state index >= 15 is 0 Å². The molecule has 0 aliphatic carbocycles. The van der Waals surface area contributed by atoms with Crippen molar-refractivity contribution in [3.8, 4) is 6.07 Å². The van der Waals surface area contributed by atoms with Gasteiger partial charge in [0.25, 0.3) is 0 Å². The molecule has 0 unspecified atom stereocenters. The number of ketones is 1. The summed E-state index contributed by atoms with van der Waals surface area (Å²) in [7, 11) is 0. The summed E-state index contributed by atoms with van der Waals surface area (Å²) in [5, 5.41) is 10.8. The number of rotatable bonds is 3. The number of carbonyl (C=O) groups is 2. The number of hydrogen-bond acceptors (Lipinski definition) is 3. The first-order chi connectivity index (χ1) is 7.15. The van der Waals surface area contributed by atoms with E-state index in [1.165, 1.54) is 6.92 Å². The number of benzene rings is 1. The van der Waals surface area contributed by atoms with Crippen molar-refractivity contribution in [3.63, 3.8) is 0 Å². The van der Waals surface area contributed by atoms with Crippen molar-refractivity contribution >= 4 is 17.4 Å². The lowest BCUT2D eigenvalue weighted by atomic mass is 10.1.